The van der Waals surface area contributed by atoms with Gasteiger partial charge in [0, 0.05) is 22.3 Å². The Morgan fingerprint density at radius 1 is 1.05 bits per heavy atom. The summed E-state index contributed by atoms with van der Waals surface area (Å²) < 4.78 is 42.4. The summed E-state index contributed by atoms with van der Waals surface area (Å²) in [4.78, 5) is 34.5. The number of aliphatic hydroxyl groups is 1. The lowest BCUT2D eigenvalue weighted by atomic mass is 10.1. The second-order valence-electron chi connectivity index (χ2n) is 9.18. The molecular weight excluding hydrogens is 577 g/mol. The van der Waals surface area contributed by atoms with Crippen molar-refractivity contribution < 1.29 is 23.1 Å². The van der Waals surface area contributed by atoms with Crippen molar-refractivity contribution >= 4 is 23.3 Å². The van der Waals surface area contributed by atoms with Crippen LogP contribution in [0.1, 0.15) is 21.7 Å². The molecular formula is C27H22ClF3N8O3. The zero-order valence-corrected chi connectivity index (χ0v) is 22.6. The number of rotatable bonds is 8. The van der Waals surface area contributed by atoms with E-state index in [0.717, 1.165) is 14.8 Å². The molecule has 0 bridgehead atoms. The van der Waals surface area contributed by atoms with Gasteiger partial charge in [-0.1, -0.05) is 29.8 Å². The van der Waals surface area contributed by atoms with Gasteiger partial charge in [-0.3, -0.25) is 9.36 Å². The molecule has 0 aliphatic carbocycles. The third-order valence-corrected chi connectivity index (χ3v) is 6.50. The molecule has 1 amide bonds. The Morgan fingerprint density at radius 3 is 2.50 bits per heavy atom. The van der Waals surface area contributed by atoms with E-state index < -0.39 is 24.5 Å². The first-order chi connectivity index (χ1) is 20.0. The van der Waals surface area contributed by atoms with E-state index in [0.29, 0.717) is 21.8 Å². The van der Waals surface area contributed by atoms with Crippen molar-refractivity contribution in [2.45, 2.75) is 32.3 Å². The summed E-state index contributed by atoms with van der Waals surface area (Å²) in [6.07, 6.45) is -4.91. The van der Waals surface area contributed by atoms with Crippen molar-refractivity contribution in [2.75, 3.05) is 5.32 Å². The molecule has 5 aromatic rings. The van der Waals surface area contributed by atoms with E-state index in [1.54, 1.807) is 24.3 Å². The third-order valence-electron chi connectivity index (χ3n) is 6.24. The molecule has 0 aliphatic rings. The van der Waals surface area contributed by atoms with Gasteiger partial charge in [0.05, 0.1) is 6.54 Å². The van der Waals surface area contributed by atoms with Gasteiger partial charge >= 0.3 is 11.9 Å². The Morgan fingerprint density at radius 2 is 1.79 bits per heavy atom. The average molecular weight is 599 g/mol. The number of aryl methyl sites for hydroxylation is 1. The van der Waals surface area contributed by atoms with Gasteiger partial charge in [-0.05, 0) is 55.0 Å². The molecule has 0 saturated carbocycles. The zero-order chi connectivity index (χ0) is 30.0. The van der Waals surface area contributed by atoms with Crippen molar-refractivity contribution in [3.8, 4) is 17.1 Å². The highest BCUT2D eigenvalue weighted by atomic mass is 35.5. The Labute approximate surface area is 240 Å². The molecule has 216 valence electrons. The van der Waals surface area contributed by atoms with Crippen LogP contribution in [0.5, 0.6) is 0 Å². The van der Waals surface area contributed by atoms with Crippen LogP contribution in [0.4, 0.5) is 19.0 Å². The molecule has 0 fully saturated rings. The van der Waals surface area contributed by atoms with E-state index in [-0.39, 0.29) is 29.9 Å². The lowest BCUT2D eigenvalue weighted by Gasteiger charge is -2.15. The number of carbonyl (C=O) groups is 1. The molecule has 11 nitrogen and oxygen atoms in total. The smallest absolute Gasteiger partial charge is 0.382 e. The average Bonchev–Trinajstić information content (AvgIpc) is 3.54. The van der Waals surface area contributed by atoms with Crippen LogP contribution in [-0.2, 0) is 13.1 Å². The summed E-state index contributed by atoms with van der Waals surface area (Å²) in [5, 5.41) is 21.4. The zero-order valence-electron chi connectivity index (χ0n) is 21.8. The molecule has 15 heteroatoms. The van der Waals surface area contributed by atoms with Gasteiger partial charge in [-0.2, -0.15) is 13.2 Å². The van der Waals surface area contributed by atoms with Crippen molar-refractivity contribution in [1.29, 1.82) is 0 Å². The highest BCUT2D eigenvalue weighted by Crippen LogP contribution is 2.24. The number of halogens is 4. The predicted octanol–water partition coefficient (Wildman–Crippen LogP) is 3.87. The van der Waals surface area contributed by atoms with Crippen molar-refractivity contribution in [3.05, 3.63) is 106 Å². The van der Waals surface area contributed by atoms with Gasteiger partial charge < -0.3 is 10.4 Å². The second kappa shape index (κ2) is 11.6. The van der Waals surface area contributed by atoms with E-state index >= 15 is 0 Å². The number of hydrogen-bond acceptors (Lipinski definition) is 7. The Bertz CT molecular complexity index is 1800. The molecule has 0 spiro atoms. The monoisotopic (exact) mass is 598 g/mol. The number of carbonyl (C=O) groups excluding carboxylic acids is 1. The number of benzene rings is 2. The first kappa shape index (κ1) is 28.7. The number of hydrogen-bond donors (Lipinski definition) is 2. The Balaban J connectivity index is 1.44. The number of aliphatic hydroxyl groups excluding tert-OH is 1. The first-order valence-corrected chi connectivity index (χ1v) is 12.8. The number of nitrogens with zero attached hydrogens (tertiary/aromatic N) is 7. The van der Waals surface area contributed by atoms with Crippen LogP contribution in [0, 0.1) is 6.92 Å². The van der Waals surface area contributed by atoms with E-state index in [4.69, 9.17) is 11.6 Å². The van der Waals surface area contributed by atoms with Crippen molar-refractivity contribution in [1.82, 2.24) is 34.1 Å². The molecule has 3 heterocycles. The maximum atomic E-state index is 13.2. The van der Waals surface area contributed by atoms with E-state index in [1.807, 2.05) is 19.1 Å². The van der Waals surface area contributed by atoms with Gasteiger partial charge in [0.15, 0.2) is 23.6 Å². The van der Waals surface area contributed by atoms with E-state index in [2.05, 4.69) is 25.5 Å². The topological polar surface area (TPSA) is 133 Å². The van der Waals surface area contributed by atoms with Crippen LogP contribution in [0.15, 0.2) is 78.0 Å². The maximum absolute atomic E-state index is 13.2. The summed E-state index contributed by atoms with van der Waals surface area (Å²) in [5.74, 6) is -0.176. The highest BCUT2D eigenvalue weighted by Gasteiger charge is 2.39. The maximum Gasteiger partial charge on any atom is 0.416 e. The summed E-state index contributed by atoms with van der Waals surface area (Å²) >= 11 is 5.93. The minimum Gasteiger partial charge on any atom is -0.382 e. The third kappa shape index (κ3) is 6.09. The summed E-state index contributed by atoms with van der Waals surface area (Å²) in [6.45, 7) is 0.442. The van der Waals surface area contributed by atoms with Gasteiger partial charge in [-0.15, -0.1) is 10.2 Å². The minimum absolute atomic E-state index is 0.0980. The van der Waals surface area contributed by atoms with Crippen LogP contribution in [0.3, 0.4) is 0 Å². The van der Waals surface area contributed by atoms with Gasteiger partial charge in [-0.25, -0.2) is 24.1 Å². The largest absolute Gasteiger partial charge is 0.416 e. The van der Waals surface area contributed by atoms with Gasteiger partial charge in [0.25, 0.3) is 5.91 Å². The lowest BCUT2D eigenvalue weighted by molar-refractivity contribution is -0.207. The predicted molar refractivity (Wildman–Crippen MR) is 146 cm³/mol. The molecule has 0 unspecified atom stereocenters. The molecule has 2 N–H and O–H groups in total. The number of pyridine rings is 1. The molecule has 3 aromatic heterocycles. The molecule has 5 rings (SSSR count). The highest BCUT2D eigenvalue weighted by molar-refractivity contribution is 6.30. The summed E-state index contributed by atoms with van der Waals surface area (Å²) in [6, 6.07) is 16.3. The van der Waals surface area contributed by atoms with Crippen molar-refractivity contribution in [2.24, 2.45) is 0 Å². The van der Waals surface area contributed by atoms with Crippen LogP contribution < -0.4 is 11.0 Å². The molecule has 0 saturated heterocycles. The summed E-state index contributed by atoms with van der Waals surface area (Å²) in [5.41, 5.74) is 1.03. The Hall–Kier alpha value is -4.82. The molecule has 1 atom stereocenters. The lowest BCUT2D eigenvalue weighted by Crippen LogP contribution is -2.37. The fourth-order valence-electron chi connectivity index (χ4n) is 4.10. The number of anilines is 1. The first-order valence-electron chi connectivity index (χ1n) is 12.4. The molecule has 42 heavy (non-hydrogen) atoms. The van der Waals surface area contributed by atoms with Crippen molar-refractivity contribution in [3.63, 3.8) is 0 Å². The van der Waals surface area contributed by atoms with Crippen LogP contribution in [0.25, 0.3) is 17.1 Å². The number of amides is 1. The number of alkyl halides is 3. The van der Waals surface area contributed by atoms with Gasteiger partial charge in [0.1, 0.15) is 18.6 Å². The normalized spacial score (nSPS) is 12.3. The molecule has 0 radical (unpaired) electrons. The number of aromatic nitrogens is 7. The fourth-order valence-corrected chi connectivity index (χ4v) is 4.22. The van der Waals surface area contributed by atoms with Crippen LogP contribution in [0.2, 0.25) is 5.02 Å². The Kier molecular flexibility index (Phi) is 7.91. The molecule has 2 aromatic carbocycles. The summed E-state index contributed by atoms with van der Waals surface area (Å²) in [7, 11) is 0. The van der Waals surface area contributed by atoms with E-state index in [1.165, 1.54) is 41.5 Å². The van der Waals surface area contributed by atoms with E-state index in [9.17, 15) is 27.9 Å². The second-order valence-corrected chi connectivity index (χ2v) is 9.62. The standard InChI is InChI=1S/C27H22ClF3N8O3/c1-16-5-2-3-6-19(16)25(41)34-23-20(7-4-12-32-23)39-15-33-22(35-39)14-38-26(42)37(13-21(40)27(29,30)31)24(36-38)17-8-10-18(28)11-9-17/h2-12,15,21,40H,13-14H2,1H3,(H,32,34,41)/t21-/m0/s1. The number of nitrogens with one attached hydrogen (secondary N) is 1. The van der Waals surface area contributed by atoms with Gasteiger partial charge in [0.2, 0.25) is 0 Å². The quantitative estimate of drug-likeness (QED) is 0.277. The fraction of sp³-hybridized carbons (Fsp3) is 0.185. The van der Waals surface area contributed by atoms with Crippen LogP contribution >= 0.6 is 11.6 Å². The minimum atomic E-state index is -4.95. The molecule has 0 aliphatic heterocycles. The van der Waals surface area contributed by atoms with Crippen LogP contribution in [-0.4, -0.2) is 57.4 Å². The SMILES string of the molecule is Cc1ccccc1C(=O)Nc1ncccc1-n1cnc(Cn2nc(-c3ccc(Cl)cc3)n(C[C@H](O)C(F)(F)F)c2=O)n1.